The van der Waals surface area contributed by atoms with E-state index in [1.165, 1.54) is 0 Å². The summed E-state index contributed by atoms with van der Waals surface area (Å²) in [5, 5.41) is 7.26. The highest BCUT2D eigenvalue weighted by atomic mass is 127. The summed E-state index contributed by atoms with van der Waals surface area (Å²) in [5.74, 6) is 0.00222. The number of carbonyl (C=O) groups is 1. The van der Waals surface area contributed by atoms with Gasteiger partial charge < -0.3 is 5.32 Å². The quantitative estimate of drug-likeness (QED) is 0.843. The molecule has 0 spiro atoms. The van der Waals surface area contributed by atoms with Crippen LogP contribution >= 0.6 is 22.6 Å². The van der Waals surface area contributed by atoms with Crippen molar-refractivity contribution in [3.63, 3.8) is 0 Å². The third-order valence-corrected chi connectivity index (χ3v) is 3.54. The first-order valence-corrected chi connectivity index (χ1v) is 6.52. The lowest BCUT2D eigenvalue weighted by atomic mass is 10.1. The summed E-state index contributed by atoms with van der Waals surface area (Å²) >= 11 is 2.18. The van der Waals surface area contributed by atoms with Crippen LogP contribution in [0.15, 0.2) is 6.20 Å². The summed E-state index contributed by atoms with van der Waals surface area (Å²) in [7, 11) is 0. The lowest BCUT2D eigenvalue weighted by Crippen LogP contribution is -2.28. The van der Waals surface area contributed by atoms with Gasteiger partial charge in [0.1, 0.15) is 3.70 Å². The molecule has 1 N–H and O–H groups in total. The molecule has 0 bridgehead atoms. The van der Waals surface area contributed by atoms with Crippen LogP contribution < -0.4 is 5.32 Å². The highest BCUT2D eigenvalue weighted by Crippen LogP contribution is 2.23. The maximum Gasteiger partial charge on any atom is 0.255 e. The standard InChI is InChI=1S/C11H16IN3O/c1-11(2,3)15-9(12)8(6-13-15)10(16)14-7-4-5-7/h6-7H,4-5H2,1-3H3,(H,14,16). The number of hydrogen-bond donors (Lipinski definition) is 1. The Balaban J connectivity index is 2.21. The smallest absolute Gasteiger partial charge is 0.255 e. The van der Waals surface area contributed by atoms with Gasteiger partial charge in [0, 0.05) is 6.04 Å². The number of rotatable bonds is 2. The third kappa shape index (κ3) is 2.39. The predicted octanol–water partition coefficient (Wildman–Crippen LogP) is 2.13. The number of nitrogens with one attached hydrogen (secondary N) is 1. The molecule has 88 valence electrons. The molecule has 1 saturated carbocycles. The van der Waals surface area contributed by atoms with Gasteiger partial charge in [-0.1, -0.05) is 0 Å². The molecule has 0 saturated heterocycles. The third-order valence-electron chi connectivity index (χ3n) is 2.50. The van der Waals surface area contributed by atoms with Crippen LogP contribution in [0.5, 0.6) is 0 Å². The predicted molar refractivity (Wildman–Crippen MR) is 70.4 cm³/mol. The van der Waals surface area contributed by atoms with Crippen molar-refractivity contribution in [3.8, 4) is 0 Å². The Morgan fingerprint density at radius 3 is 2.62 bits per heavy atom. The van der Waals surface area contributed by atoms with Crippen molar-refractivity contribution in [3.05, 3.63) is 15.5 Å². The van der Waals surface area contributed by atoms with Gasteiger partial charge in [-0.3, -0.25) is 9.48 Å². The van der Waals surface area contributed by atoms with Crippen molar-refractivity contribution in [2.24, 2.45) is 0 Å². The molecule has 1 aliphatic carbocycles. The van der Waals surface area contributed by atoms with E-state index in [9.17, 15) is 4.79 Å². The van der Waals surface area contributed by atoms with Crippen LogP contribution in [0.1, 0.15) is 44.0 Å². The first-order valence-electron chi connectivity index (χ1n) is 5.44. The molecular formula is C11H16IN3O. The van der Waals surface area contributed by atoms with Crippen molar-refractivity contribution in [2.45, 2.75) is 45.2 Å². The molecule has 1 aromatic rings. The highest BCUT2D eigenvalue weighted by molar-refractivity contribution is 14.1. The van der Waals surface area contributed by atoms with E-state index in [1.807, 2.05) is 4.68 Å². The molecule has 0 atom stereocenters. The number of nitrogens with zero attached hydrogens (tertiary/aromatic N) is 2. The molecule has 1 fully saturated rings. The van der Waals surface area contributed by atoms with E-state index in [0.29, 0.717) is 11.6 Å². The SMILES string of the molecule is CC(C)(C)n1ncc(C(=O)NC2CC2)c1I. The fraction of sp³-hybridized carbons (Fsp3) is 0.636. The molecule has 1 heterocycles. The van der Waals surface area contributed by atoms with Crippen LogP contribution in [-0.4, -0.2) is 21.7 Å². The van der Waals surface area contributed by atoms with Crippen molar-refractivity contribution < 1.29 is 4.79 Å². The monoisotopic (exact) mass is 333 g/mol. The van der Waals surface area contributed by atoms with E-state index in [0.717, 1.165) is 16.5 Å². The van der Waals surface area contributed by atoms with Crippen LogP contribution in [0.2, 0.25) is 0 Å². The molecule has 1 aliphatic rings. The first-order chi connectivity index (χ1) is 7.39. The van der Waals surface area contributed by atoms with Crippen LogP contribution in [-0.2, 0) is 5.54 Å². The Kier molecular flexibility index (Phi) is 2.98. The van der Waals surface area contributed by atoms with Gasteiger partial charge in [-0.25, -0.2) is 0 Å². The second kappa shape index (κ2) is 4.01. The van der Waals surface area contributed by atoms with Crippen LogP contribution in [0.3, 0.4) is 0 Å². The van der Waals surface area contributed by atoms with Gasteiger partial charge in [0.05, 0.1) is 17.3 Å². The molecule has 2 rings (SSSR count). The zero-order valence-corrected chi connectivity index (χ0v) is 11.9. The topological polar surface area (TPSA) is 46.9 Å². The normalized spacial score (nSPS) is 16.2. The number of hydrogen-bond acceptors (Lipinski definition) is 2. The maximum absolute atomic E-state index is 11.9. The number of halogens is 1. The summed E-state index contributed by atoms with van der Waals surface area (Å²) in [6, 6.07) is 0.390. The molecule has 4 nitrogen and oxygen atoms in total. The second-order valence-electron chi connectivity index (χ2n) is 5.18. The minimum Gasteiger partial charge on any atom is -0.349 e. The second-order valence-corrected chi connectivity index (χ2v) is 6.20. The Bertz CT molecular complexity index is 415. The van der Waals surface area contributed by atoms with Crippen molar-refractivity contribution in [2.75, 3.05) is 0 Å². The molecule has 0 radical (unpaired) electrons. The van der Waals surface area contributed by atoms with Crippen molar-refractivity contribution in [1.82, 2.24) is 15.1 Å². The number of carbonyl (C=O) groups excluding carboxylic acids is 1. The average Bonchev–Trinajstić information content (AvgIpc) is 2.85. The first kappa shape index (κ1) is 11.9. The Hall–Kier alpha value is -0.590. The minimum atomic E-state index is -0.0887. The number of amides is 1. The van der Waals surface area contributed by atoms with Gasteiger partial charge >= 0.3 is 0 Å². The van der Waals surface area contributed by atoms with Gasteiger partial charge in [0.25, 0.3) is 5.91 Å². The summed E-state index contributed by atoms with van der Waals surface area (Å²) in [6.07, 6.45) is 3.87. The van der Waals surface area contributed by atoms with Gasteiger partial charge in [0.15, 0.2) is 0 Å². The maximum atomic E-state index is 11.9. The van der Waals surface area contributed by atoms with E-state index in [4.69, 9.17) is 0 Å². The highest BCUT2D eigenvalue weighted by Gasteiger charge is 2.27. The molecule has 1 amide bonds. The minimum absolute atomic E-state index is 0.00222. The van der Waals surface area contributed by atoms with Crippen LogP contribution in [0.4, 0.5) is 0 Å². The lowest BCUT2D eigenvalue weighted by Gasteiger charge is -2.20. The van der Waals surface area contributed by atoms with Crippen LogP contribution in [0.25, 0.3) is 0 Å². The van der Waals surface area contributed by atoms with Gasteiger partial charge in [-0.15, -0.1) is 0 Å². The van der Waals surface area contributed by atoms with Gasteiger partial charge in [-0.2, -0.15) is 5.10 Å². The largest absolute Gasteiger partial charge is 0.349 e. The Morgan fingerprint density at radius 1 is 1.56 bits per heavy atom. The zero-order chi connectivity index (χ0) is 11.9. The Morgan fingerprint density at radius 2 is 2.19 bits per heavy atom. The fourth-order valence-electron chi connectivity index (χ4n) is 1.44. The fourth-order valence-corrected chi connectivity index (χ4v) is 2.68. The van der Waals surface area contributed by atoms with Gasteiger partial charge in [0.2, 0.25) is 0 Å². The van der Waals surface area contributed by atoms with Gasteiger partial charge in [-0.05, 0) is 56.2 Å². The van der Waals surface area contributed by atoms with E-state index in [-0.39, 0.29) is 11.4 Å². The summed E-state index contributed by atoms with van der Waals surface area (Å²) in [5.41, 5.74) is 0.594. The molecule has 0 aromatic carbocycles. The summed E-state index contributed by atoms with van der Waals surface area (Å²) < 4.78 is 2.79. The summed E-state index contributed by atoms with van der Waals surface area (Å²) in [6.45, 7) is 6.22. The Labute approximate surface area is 109 Å². The molecule has 1 aromatic heterocycles. The molecule has 16 heavy (non-hydrogen) atoms. The molecular weight excluding hydrogens is 317 g/mol. The summed E-state index contributed by atoms with van der Waals surface area (Å²) in [4.78, 5) is 11.9. The van der Waals surface area contributed by atoms with E-state index in [1.54, 1.807) is 6.20 Å². The molecule has 0 unspecified atom stereocenters. The van der Waals surface area contributed by atoms with Crippen molar-refractivity contribution >= 4 is 28.5 Å². The lowest BCUT2D eigenvalue weighted by molar-refractivity contribution is 0.0950. The van der Waals surface area contributed by atoms with E-state index >= 15 is 0 Å². The molecule has 5 heteroatoms. The van der Waals surface area contributed by atoms with Crippen molar-refractivity contribution in [1.29, 1.82) is 0 Å². The number of aromatic nitrogens is 2. The van der Waals surface area contributed by atoms with E-state index < -0.39 is 0 Å². The van der Waals surface area contributed by atoms with Crippen LogP contribution in [0, 0.1) is 3.70 Å². The van der Waals surface area contributed by atoms with E-state index in [2.05, 4.69) is 53.8 Å². The zero-order valence-electron chi connectivity index (χ0n) is 9.75. The average molecular weight is 333 g/mol. The molecule has 0 aliphatic heterocycles.